The number of carbonyl (C=O) groups is 4. The quantitative estimate of drug-likeness (QED) is 0.428. The minimum Gasteiger partial charge on any atom is -0.550 e. The molecule has 0 radical (unpaired) electrons. The number of carbonyl (C=O) groups excluding carboxylic acids is 4. The number of nitrogens with two attached hydrogens (primary N) is 2. The maximum absolute atomic E-state index is 9.71. The standard InChI is InChI=1S/2C4H7NO4.Mo/c2*5-2(4(8)9)1-3(6)7;/h2*2H,1,5H2,(H,6,7)(H,8,9);/q;;+4/p-4/t2*2-;/m00./s1. The number of hydrogen-bond donors (Lipinski definition) is 2. The summed E-state index contributed by atoms with van der Waals surface area (Å²) in [5.41, 5.74) is 9.47. The summed E-state index contributed by atoms with van der Waals surface area (Å²) in [5, 5.41) is 38.7. The Hall–Kier alpha value is -1.51. The first-order chi connectivity index (χ1) is 8.07. The number of hydrogen-bond acceptors (Lipinski definition) is 10. The Labute approximate surface area is 121 Å². The first kappa shape index (κ1) is 22.6. The number of aliphatic carboxylic acids is 4. The predicted octanol–water partition coefficient (Wildman–Crippen LogP) is -7.60. The number of rotatable bonds is 6. The van der Waals surface area contributed by atoms with E-state index in [9.17, 15) is 39.6 Å². The van der Waals surface area contributed by atoms with Gasteiger partial charge in [-0.15, -0.1) is 0 Å². The Morgan fingerprint density at radius 3 is 1.00 bits per heavy atom. The molecule has 0 saturated carbocycles. The average molecular weight is 358 g/mol. The zero-order valence-electron chi connectivity index (χ0n) is 9.40. The second-order valence-electron chi connectivity index (χ2n) is 3.00. The normalized spacial score (nSPS) is 11.9. The van der Waals surface area contributed by atoms with Gasteiger partial charge in [-0.05, 0) is 0 Å². The molecule has 2 atom stereocenters. The van der Waals surface area contributed by atoms with E-state index in [0.29, 0.717) is 0 Å². The van der Waals surface area contributed by atoms with Crippen molar-refractivity contribution in [3.8, 4) is 0 Å². The van der Waals surface area contributed by atoms with Gasteiger partial charge in [0.15, 0.2) is 0 Å². The summed E-state index contributed by atoms with van der Waals surface area (Å²) in [5.74, 6) is -6.16. The molecule has 11 heteroatoms. The molecule has 0 saturated heterocycles. The molecule has 4 N–H and O–H groups in total. The second-order valence-corrected chi connectivity index (χ2v) is 3.00. The minimum absolute atomic E-state index is 0. The van der Waals surface area contributed by atoms with Crippen molar-refractivity contribution in [2.75, 3.05) is 0 Å². The third-order valence-corrected chi connectivity index (χ3v) is 1.38. The van der Waals surface area contributed by atoms with Gasteiger partial charge in [-0.2, -0.15) is 0 Å². The Kier molecular flexibility index (Phi) is 13.8. The molecule has 0 bridgehead atoms. The van der Waals surface area contributed by atoms with Gasteiger partial charge in [-0.25, -0.2) is 0 Å². The fraction of sp³-hybridized carbons (Fsp3) is 0.500. The van der Waals surface area contributed by atoms with Crippen LogP contribution in [0.25, 0.3) is 0 Å². The van der Waals surface area contributed by atoms with E-state index in [4.69, 9.17) is 11.5 Å². The Balaban J connectivity index is -0.000000256. The van der Waals surface area contributed by atoms with Gasteiger partial charge < -0.3 is 51.1 Å². The zero-order valence-corrected chi connectivity index (χ0v) is 11.4. The summed E-state index contributed by atoms with van der Waals surface area (Å²) >= 11 is 0. The SMILES string of the molecule is N[C@@H](CC(=O)[O-])C(=O)[O-].N[C@@H](CC(=O)[O-])C(=O)[O-].[Mo+4]. The average Bonchev–Trinajstić information content (AvgIpc) is 2.16. The van der Waals surface area contributed by atoms with E-state index in [0.717, 1.165) is 0 Å². The van der Waals surface area contributed by atoms with E-state index in [1.54, 1.807) is 0 Å². The molecule has 0 unspecified atom stereocenters. The van der Waals surface area contributed by atoms with E-state index >= 15 is 0 Å². The van der Waals surface area contributed by atoms with Crippen molar-refractivity contribution in [2.45, 2.75) is 24.9 Å². The van der Waals surface area contributed by atoms with E-state index in [1.165, 1.54) is 0 Å². The van der Waals surface area contributed by atoms with Crippen molar-refractivity contribution in [1.29, 1.82) is 0 Å². The van der Waals surface area contributed by atoms with E-state index in [1.807, 2.05) is 0 Å². The Morgan fingerprint density at radius 2 is 0.947 bits per heavy atom. The van der Waals surface area contributed by atoms with Crippen LogP contribution < -0.4 is 31.9 Å². The summed E-state index contributed by atoms with van der Waals surface area (Å²) in [7, 11) is 0. The zero-order chi connectivity index (χ0) is 14.9. The van der Waals surface area contributed by atoms with Crippen LogP contribution in [-0.2, 0) is 40.2 Å². The maximum Gasteiger partial charge on any atom is 4.00 e. The van der Waals surface area contributed by atoms with Gasteiger partial charge in [0.25, 0.3) is 0 Å². The van der Waals surface area contributed by atoms with Gasteiger partial charge in [0.1, 0.15) is 0 Å². The molecule has 0 aliphatic carbocycles. The molecular formula is C8H10MoN2O8. The smallest absolute Gasteiger partial charge is 0.550 e. The van der Waals surface area contributed by atoms with Crippen LogP contribution in [0.15, 0.2) is 0 Å². The van der Waals surface area contributed by atoms with E-state index in [-0.39, 0.29) is 21.1 Å². The maximum atomic E-state index is 9.71. The minimum atomic E-state index is -1.58. The third-order valence-electron chi connectivity index (χ3n) is 1.38. The van der Waals surface area contributed by atoms with Crippen LogP contribution in [0.1, 0.15) is 12.8 Å². The molecular weight excluding hydrogens is 348 g/mol. The molecule has 0 aliphatic heterocycles. The first-order valence-electron chi connectivity index (χ1n) is 4.40. The predicted molar refractivity (Wildman–Crippen MR) is 45.2 cm³/mol. The van der Waals surface area contributed by atoms with Crippen molar-refractivity contribution in [3.63, 3.8) is 0 Å². The summed E-state index contributed by atoms with van der Waals surface area (Å²) in [6.07, 6.45) is -1.41. The molecule has 0 amide bonds. The van der Waals surface area contributed by atoms with Crippen LogP contribution in [-0.4, -0.2) is 36.0 Å². The molecule has 0 rings (SSSR count). The van der Waals surface area contributed by atoms with Crippen molar-refractivity contribution in [3.05, 3.63) is 0 Å². The summed E-state index contributed by atoms with van der Waals surface area (Å²) in [6, 6.07) is -2.93. The summed E-state index contributed by atoms with van der Waals surface area (Å²) in [4.78, 5) is 38.7. The Bertz CT molecular complexity index is 303. The Morgan fingerprint density at radius 1 is 0.737 bits per heavy atom. The van der Waals surface area contributed by atoms with Crippen LogP contribution in [0, 0.1) is 0 Å². The van der Waals surface area contributed by atoms with Crippen molar-refractivity contribution in [2.24, 2.45) is 11.5 Å². The fourth-order valence-corrected chi connectivity index (χ4v) is 0.526. The number of carboxylic acids is 4. The van der Waals surface area contributed by atoms with Crippen LogP contribution in [0.3, 0.4) is 0 Å². The van der Waals surface area contributed by atoms with Gasteiger partial charge >= 0.3 is 21.1 Å². The van der Waals surface area contributed by atoms with Gasteiger partial charge in [-0.3, -0.25) is 0 Å². The fourth-order valence-electron chi connectivity index (χ4n) is 0.526. The van der Waals surface area contributed by atoms with Crippen molar-refractivity contribution in [1.82, 2.24) is 0 Å². The largest absolute Gasteiger partial charge is 4.00 e. The molecule has 0 fully saturated rings. The monoisotopic (exact) mass is 360 g/mol. The van der Waals surface area contributed by atoms with Crippen LogP contribution >= 0.6 is 0 Å². The van der Waals surface area contributed by atoms with Gasteiger partial charge in [0, 0.05) is 36.9 Å². The van der Waals surface area contributed by atoms with Gasteiger partial charge in [0.2, 0.25) is 0 Å². The summed E-state index contributed by atoms with van der Waals surface area (Å²) in [6.45, 7) is 0. The molecule has 0 aliphatic rings. The molecule has 106 valence electrons. The first-order valence-corrected chi connectivity index (χ1v) is 4.40. The summed E-state index contributed by atoms with van der Waals surface area (Å²) < 4.78 is 0. The second kappa shape index (κ2) is 11.6. The topological polar surface area (TPSA) is 213 Å². The van der Waals surface area contributed by atoms with Gasteiger partial charge in [-0.1, -0.05) is 0 Å². The van der Waals surface area contributed by atoms with Crippen molar-refractivity contribution < 1.29 is 60.7 Å². The van der Waals surface area contributed by atoms with Crippen LogP contribution in [0.5, 0.6) is 0 Å². The molecule has 0 spiro atoms. The van der Waals surface area contributed by atoms with E-state index < -0.39 is 48.8 Å². The molecule has 0 aromatic carbocycles. The number of carboxylic acid groups (broad SMARTS) is 4. The van der Waals surface area contributed by atoms with Gasteiger partial charge in [0.05, 0.1) is 11.9 Å². The molecule has 0 heterocycles. The van der Waals surface area contributed by atoms with E-state index in [2.05, 4.69) is 0 Å². The third kappa shape index (κ3) is 16.5. The molecule has 19 heavy (non-hydrogen) atoms. The van der Waals surface area contributed by atoms with Crippen LogP contribution in [0.4, 0.5) is 0 Å². The van der Waals surface area contributed by atoms with Crippen molar-refractivity contribution >= 4 is 23.9 Å². The molecule has 0 aromatic heterocycles. The van der Waals surface area contributed by atoms with Crippen LogP contribution in [0.2, 0.25) is 0 Å². The molecule has 10 nitrogen and oxygen atoms in total. The molecule has 0 aromatic rings.